The van der Waals surface area contributed by atoms with Gasteiger partial charge in [0.1, 0.15) is 0 Å². The van der Waals surface area contributed by atoms with Crippen LogP contribution in [0.2, 0.25) is 0 Å². The molecule has 2 fully saturated rings. The Hall–Kier alpha value is -1.20. The Morgan fingerprint density at radius 2 is 2.00 bits per heavy atom. The molecule has 20 heavy (non-hydrogen) atoms. The minimum Gasteiger partial charge on any atom is -0.381 e. The van der Waals surface area contributed by atoms with Gasteiger partial charge in [-0.15, -0.1) is 0 Å². The molecule has 0 aliphatic carbocycles. The standard InChI is InChI=1S/C15H24N4O/c1-4-14(13-20-11-1)12-18-7-3-8-19(10-9-18)15-16-5-2-6-17-15/h2,5-6,14H,1,3-4,7-13H2/t14-/m1/s1. The number of hydrogen-bond donors (Lipinski definition) is 0. The second-order valence-electron chi connectivity index (χ2n) is 5.77. The fourth-order valence-electron chi connectivity index (χ4n) is 3.12. The summed E-state index contributed by atoms with van der Waals surface area (Å²) in [4.78, 5) is 13.6. The number of nitrogens with zero attached hydrogens (tertiary/aromatic N) is 4. The van der Waals surface area contributed by atoms with E-state index in [1.165, 1.54) is 32.4 Å². The van der Waals surface area contributed by atoms with Gasteiger partial charge in [-0.3, -0.25) is 0 Å². The molecule has 0 bridgehead atoms. The van der Waals surface area contributed by atoms with Gasteiger partial charge >= 0.3 is 0 Å². The van der Waals surface area contributed by atoms with Crippen LogP contribution in [0.5, 0.6) is 0 Å². The third-order valence-electron chi connectivity index (χ3n) is 4.19. The number of aromatic nitrogens is 2. The lowest BCUT2D eigenvalue weighted by Crippen LogP contribution is -2.36. The van der Waals surface area contributed by atoms with E-state index in [1.54, 1.807) is 0 Å². The Morgan fingerprint density at radius 1 is 1.10 bits per heavy atom. The molecule has 0 radical (unpaired) electrons. The molecule has 2 saturated heterocycles. The topological polar surface area (TPSA) is 41.5 Å². The molecule has 0 unspecified atom stereocenters. The third kappa shape index (κ3) is 3.67. The van der Waals surface area contributed by atoms with Gasteiger partial charge in [0.15, 0.2) is 0 Å². The molecule has 0 N–H and O–H groups in total. The normalized spacial score (nSPS) is 25.4. The van der Waals surface area contributed by atoms with Gasteiger partial charge in [0.2, 0.25) is 5.95 Å². The van der Waals surface area contributed by atoms with Crippen molar-refractivity contribution in [3.63, 3.8) is 0 Å². The molecule has 0 spiro atoms. The molecule has 0 saturated carbocycles. The lowest BCUT2D eigenvalue weighted by atomic mass is 10.0. The highest BCUT2D eigenvalue weighted by atomic mass is 16.5. The van der Waals surface area contributed by atoms with Crippen molar-refractivity contribution >= 4 is 5.95 Å². The quantitative estimate of drug-likeness (QED) is 0.835. The van der Waals surface area contributed by atoms with Crippen LogP contribution in [-0.4, -0.2) is 60.8 Å². The van der Waals surface area contributed by atoms with Crippen LogP contribution in [0.1, 0.15) is 19.3 Å². The van der Waals surface area contributed by atoms with Crippen molar-refractivity contribution in [2.24, 2.45) is 5.92 Å². The first-order valence-corrected chi connectivity index (χ1v) is 7.74. The fraction of sp³-hybridized carbons (Fsp3) is 0.733. The van der Waals surface area contributed by atoms with E-state index in [1.807, 2.05) is 18.5 Å². The smallest absolute Gasteiger partial charge is 0.225 e. The Bertz CT molecular complexity index is 394. The van der Waals surface area contributed by atoms with Gasteiger partial charge < -0.3 is 14.5 Å². The van der Waals surface area contributed by atoms with Crippen molar-refractivity contribution in [2.75, 3.05) is 50.8 Å². The van der Waals surface area contributed by atoms with Crippen LogP contribution in [0.25, 0.3) is 0 Å². The highest BCUT2D eigenvalue weighted by molar-refractivity contribution is 5.28. The van der Waals surface area contributed by atoms with Gasteiger partial charge in [0, 0.05) is 45.2 Å². The average Bonchev–Trinajstić information content (AvgIpc) is 2.75. The molecule has 1 aromatic rings. The molecular formula is C15H24N4O. The molecular weight excluding hydrogens is 252 g/mol. The van der Waals surface area contributed by atoms with Crippen molar-refractivity contribution in [3.8, 4) is 0 Å². The minimum atomic E-state index is 0.725. The number of hydrogen-bond acceptors (Lipinski definition) is 5. The largest absolute Gasteiger partial charge is 0.381 e. The first kappa shape index (κ1) is 13.8. The molecule has 0 aromatic carbocycles. The summed E-state index contributed by atoms with van der Waals surface area (Å²) in [5.41, 5.74) is 0. The predicted molar refractivity (Wildman–Crippen MR) is 78.8 cm³/mol. The average molecular weight is 276 g/mol. The lowest BCUT2D eigenvalue weighted by Gasteiger charge is -2.28. The molecule has 1 aromatic heterocycles. The molecule has 1 atom stereocenters. The second-order valence-corrected chi connectivity index (χ2v) is 5.77. The fourth-order valence-corrected chi connectivity index (χ4v) is 3.12. The van der Waals surface area contributed by atoms with Crippen molar-refractivity contribution < 1.29 is 4.74 Å². The molecule has 3 heterocycles. The Morgan fingerprint density at radius 3 is 2.80 bits per heavy atom. The van der Waals surface area contributed by atoms with Crippen LogP contribution in [0.3, 0.4) is 0 Å². The van der Waals surface area contributed by atoms with Crippen LogP contribution >= 0.6 is 0 Å². The SMILES string of the molecule is c1cnc(N2CCCN(C[C@H]3CCCOC3)CC2)nc1. The van der Waals surface area contributed by atoms with E-state index in [2.05, 4.69) is 19.8 Å². The number of rotatable bonds is 3. The van der Waals surface area contributed by atoms with E-state index in [-0.39, 0.29) is 0 Å². The summed E-state index contributed by atoms with van der Waals surface area (Å²) in [7, 11) is 0. The Balaban J connectivity index is 1.51. The van der Waals surface area contributed by atoms with Crippen LogP contribution in [0, 0.1) is 5.92 Å². The second kappa shape index (κ2) is 6.99. The van der Waals surface area contributed by atoms with Crippen LogP contribution < -0.4 is 4.90 Å². The maximum atomic E-state index is 5.59. The summed E-state index contributed by atoms with van der Waals surface area (Å²) in [6.07, 6.45) is 7.38. The maximum Gasteiger partial charge on any atom is 0.225 e. The zero-order chi connectivity index (χ0) is 13.6. The van der Waals surface area contributed by atoms with Crippen molar-refractivity contribution in [3.05, 3.63) is 18.5 Å². The summed E-state index contributed by atoms with van der Waals surface area (Å²) >= 11 is 0. The van der Waals surface area contributed by atoms with Crippen molar-refractivity contribution in [1.82, 2.24) is 14.9 Å². The highest BCUT2D eigenvalue weighted by Crippen LogP contribution is 2.17. The van der Waals surface area contributed by atoms with E-state index >= 15 is 0 Å². The predicted octanol–water partition coefficient (Wildman–Crippen LogP) is 1.42. The third-order valence-corrected chi connectivity index (χ3v) is 4.19. The van der Waals surface area contributed by atoms with E-state index in [4.69, 9.17) is 4.74 Å². The van der Waals surface area contributed by atoms with E-state index in [0.717, 1.165) is 44.7 Å². The summed E-state index contributed by atoms with van der Waals surface area (Å²) < 4.78 is 5.59. The van der Waals surface area contributed by atoms with Gasteiger partial charge in [-0.25, -0.2) is 9.97 Å². The molecule has 0 amide bonds. The summed E-state index contributed by atoms with van der Waals surface area (Å²) in [6, 6.07) is 1.87. The molecule has 5 nitrogen and oxygen atoms in total. The first-order valence-electron chi connectivity index (χ1n) is 7.74. The minimum absolute atomic E-state index is 0.725. The molecule has 3 rings (SSSR count). The summed E-state index contributed by atoms with van der Waals surface area (Å²) in [5.74, 6) is 1.60. The van der Waals surface area contributed by atoms with Gasteiger partial charge in [-0.1, -0.05) is 0 Å². The van der Waals surface area contributed by atoms with E-state index in [9.17, 15) is 0 Å². The highest BCUT2D eigenvalue weighted by Gasteiger charge is 2.21. The van der Waals surface area contributed by atoms with Crippen LogP contribution in [-0.2, 0) is 4.74 Å². The molecule has 5 heteroatoms. The molecule has 2 aliphatic rings. The Kier molecular flexibility index (Phi) is 4.82. The lowest BCUT2D eigenvalue weighted by molar-refractivity contribution is 0.0395. The summed E-state index contributed by atoms with van der Waals surface area (Å²) in [6.45, 7) is 7.45. The van der Waals surface area contributed by atoms with E-state index < -0.39 is 0 Å². The van der Waals surface area contributed by atoms with Gasteiger partial charge in [0.05, 0.1) is 6.61 Å². The van der Waals surface area contributed by atoms with Gasteiger partial charge in [0.25, 0.3) is 0 Å². The van der Waals surface area contributed by atoms with Gasteiger partial charge in [-0.05, 0) is 37.8 Å². The zero-order valence-electron chi connectivity index (χ0n) is 12.1. The Labute approximate surface area is 121 Å². The maximum absolute atomic E-state index is 5.59. The van der Waals surface area contributed by atoms with E-state index in [0.29, 0.717) is 0 Å². The molecule has 110 valence electrons. The monoisotopic (exact) mass is 276 g/mol. The van der Waals surface area contributed by atoms with Crippen molar-refractivity contribution in [2.45, 2.75) is 19.3 Å². The van der Waals surface area contributed by atoms with Crippen LogP contribution in [0.4, 0.5) is 5.95 Å². The first-order chi connectivity index (χ1) is 9.92. The number of ether oxygens (including phenoxy) is 1. The summed E-state index contributed by atoms with van der Waals surface area (Å²) in [5, 5.41) is 0. The van der Waals surface area contributed by atoms with Gasteiger partial charge in [-0.2, -0.15) is 0 Å². The zero-order valence-corrected chi connectivity index (χ0v) is 12.1. The van der Waals surface area contributed by atoms with Crippen LogP contribution in [0.15, 0.2) is 18.5 Å². The molecule has 2 aliphatic heterocycles. The van der Waals surface area contributed by atoms with Crippen molar-refractivity contribution in [1.29, 1.82) is 0 Å². The number of anilines is 1.